The first-order valence-corrected chi connectivity index (χ1v) is 15.0. The van der Waals surface area contributed by atoms with E-state index in [2.05, 4.69) is 5.32 Å². The minimum atomic E-state index is -0.685. The van der Waals surface area contributed by atoms with Gasteiger partial charge in [-0.1, -0.05) is 17.7 Å². The predicted molar refractivity (Wildman–Crippen MR) is 166 cm³/mol. The van der Waals surface area contributed by atoms with Crippen LogP contribution >= 0.6 is 11.6 Å². The standard InChI is InChI=1S/C35H29ClFNO8/c1-41-27-11-18(12-28(42-2)34(27)43-3)29-21-13-25-26(46-16-45-25)14-22(21)31(23-15-44-35(40)30(23)29)38-32-20(5-4-6-24(32)37)33(39)17-7-9-19(36)10-8-17/h4-14,23,29-31,38H,15-16H2,1-3H3/t23-,29+,30-,31+/m0/s1. The van der Waals surface area contributed by atoms with Gasteiger partial charge in [0.2, 0.25) is 12.5 Å². The molecule has 236 valence electrons. The number of ketones is 1. The summed E-state index contributed by atoms with van der Waals surface area (Å²) in [5.74, 6) is -0.749. The number of rotatable bonds is 8. The van der Waals surface area contributed by atoms with Gasteiger partial charge in [0.25, 0.3) is 0 Å². The normalized spacial score (nSPS) is 20.8. The second kappa shape index (κ2) is 11.8. The Morgan fingerprint density at radius 2 is 1.57 bits per heavy atom. The number of hydrogen-bond donors (Lipinski definition) is 1. The van der Waals surface area contributed by atoms with Crippen molar-refractivity contribution in [1.82, 2.24) is 0 Å². The summed E-state index contributed by atoms with van der Waals surface area (Å²) in [7, 11) is 4.57. The average molecular weight is 646 g/mol. The van der Waals surface area contributed by atoms with E-state index < -0.39 is 35.6 Å². The number of nitrogens with one attached hydrogen (secondary N) is 1. The summed E-state index contributed by atoms with van der Waals surface area (Å²) in [5.41, 5.74) is 2.73. The number of halogens is 2. The van der Waals surface area contributed by atoms with Crippen LogP contribution in [0.1, 0.15) is 44.6 Å². The van der Waals surface area contributed by atoms with E-state index in [0.29, 0.717) is 39.3 Å². The Hall–Kier alpha value is -4.96. The van der Waals surface area contributed by atoms with Crippen LogP contribution in [0.5, 0.6) is 28.7 Å². The van der Waals surface area contributed by atoms with Crippen LogP contribution in [0.3, 0.4) is 0 Å². The first-order valence-electron chi connectivity index (χ1n) is 14.6. The van der Waals surface area contributed by atoms with Gasteiger partial charge in [-0.3, -0.25) is 9.59 Å². The number of anilines is 1. The molecule has 11 heteroatoms. The zero-order chi connectivity index (χ0) is 32.1. The zero-order valence-electron chi connectivity index (χ0n) is 25.1. The molecule has 9 nitrogen and oxygen atoms in total. The summed E-state index contributed by atoms with van der Waals surface area (Å²) in [6, 6.07) is 17.4. The number of carbonyl (C=O) groups excluding carboxylic acids is 2. The molecule has 46 heavy (non-hydrogen) atoms. The maximum Gasteiger partial charge on any atom is 0.310 e. The maximum absolute atomic E-state index is 15.7. The fraction of sp³-hybridized carbons (Fsp3) is 0.257. The van der Waals surface area contributed by atoms with E-state index in [4.69, 9.17) is 40.0 Å². The van der Waals surface area contributed by atoms with Gasteiger partial charge in [-0.05, 0) is 77.4 Å². The van der Waals surface area contributed by atoms with Gasteiger partial charge in [-0.2, -0.15) is 0 Å². The Balaban J connectivity index is 1.39. The minimum Gasteiger partial charge on any atom is -0.493 e. The molecule has 4 atom stereocenters. The number of hydrogen-bond acceptors (Lipinski definition) is 9. The molecule has 1 fully saturated rings. The van der Waals surface area contributed by atoms with Gasteiger partial charge in [0, 0.05) is 28.0 Å². The summed E-state index contributed by atoms with van der Waals surface area (Å²) in [4.78, 5) is 27.3. The molecule has 0 bridgehead atoms. The lowest BCUT2D eigenvalue weighted by Crippen LogP contribution is -2.38. The summed E-state index contributed by atoms with van der Waals surface area (Å²) in [5, 5.41) is 3.81. The average Bonchev–Trinajstić information content (AvgIpc) is 3.70. The highest BCUT2D eigenvalue weighted by atomic mass is 35.5. The van der Waals surface area contributed by atoms with Crippen LogP contribution in [0, 0.1) is 17.7 Å². The number of methoxy groups -OCH3 is 3. The lowest BCUT2D eigenvalue weighted by Gasteiger charge is -2.40. The Morgan fingerprint density at radius 1 is 0.891 bits per heavy atom. The molecule has 0 aromatic heterocycles. The van der Waals surface area contributed by atoms with Crippen LogP contribution in [0.15, 0.2) is 66.7 Å². The largest absolute Gasteiger partial charge is 0.493 e. The molecule has 0 saturated carbocycles. The molecule has 4 aromatic rings. The third-order valence-electron chi connectivity index (χ3n) is 8.90. The molecule has 0 spiro atoms. The topological polar surface area (TPSA) is 102 Å². The highest BCUT2D eigenvalue weighted by Crippen LogP contribution is 2.56. The fourth-order valence-electron chi connectivity index (χ4n) is 6.80. The molecule has 2 aliphatic heterocycles. The van der Waals surface area contributed by atoms with Crippen LogP contribution in [0.4, 0.5) is 10.1 Å². The van der Waals surface area contributed by atoms with Crippen molar-refractivity contribution in [3.8, 4) is 28.7 Å². The van der Waals surface area contributed by atoms with Gasteiger partial charge >= 0.3 is 5.97 Å². The quantitative estimate of drug-likeness (QED) is 0.169. The lowest BCUT2D eigenvalue weighted by atomic mass is 9.65. The molecule has 0 unspecified atom stereocenters. The van der Waals surface area contributed by atoms with Crippen molar-refractivity contribution < 1.29 is 42.4 Å². The number of carbonyl (C=O) groups is 2. The van der Waals surface area contributed by atoms with Gasteiger partial charge in [-0.15, -0.1) is 0 Å². The van der Waals surface area contributed by atoms with Crippen molar-refractivity contribution in [2.24, 2.45) is 11.8 Å². The molecule has 3 aliphatic rings. The van der Waals surface area contributed by atoms with Gasteiger partial charge in [0.05, 0.1) is 45.6 Å². The predicted octanol–water partition coefficient (Wildman–Crippen LogP) is 6.55. The van der Waals surface area contributed by atoms with Gasteiger partial charge in [0.15, 0.2) is 28.8 Å². The minimum absolute atomic E-state index is 0.0143. The Bertz CT molecular complexity index is 1840. The van der Waals surface area contributed by atoms with Crippen LogP contribution in [-0.4, -0.2) is 46.5 Å². The first-order chi connectivity index (χ1) is 22.3. The maximum atomic E-state index is 15.7. The van der Waals surface area contributed by atoms with Crippen molar-refractivity contribution in [2.75, 3.05) is 40.0 Å². The second-order valence-electron chi connectivity index (χ2n) is 11.2. The fourth-order valence-corrected chi connectivity index (χ4v) is 6.93. The SMILES string of the molecule is COc1cc([C@@H]2c3cc4c(cc3[C@@H](Nc3c(F)cccc3C(=O)c3ccc(Cl)cc3)[C@H]3COC(=O)[C@H]23)OCO4)cc(OC)c1OC. The summed E-state index contributed by atoms with van der Waals surface area (Å²) in [6.07, 6.45) is 0. The Morgan fingerprint density at radius 3 is 2.22 bits per heavy atom. The van der Waals surface area contributed by atoms with Crippen molar-refractivity contribution >= 4 is 29.0 Å². The summed E-state index contributed by atoms with van der Waals surface area (Å²) >= 11 is 6.04. The third-order valence-corrected chi connectivity index (χ3v) is 9.15. The van der Waals surface area contributed by atoms with Crippen molar-refractivity contribution in [3.05, 3.63) is 105 Å². The molecule has 0 radical (unpaired) electrons. The molecular formula is C35H29ClFNO8. The molecule has 0 amide bonds. The highest BCUT2D eigenvalue weighted by Gasteiger charge is 2.53. The van der Waals surface area contributed by atoms with E-state index in [0.717, 1.165) is 16.7 Å². The van der Waals surface area contributed by atoms with Gasteiger partial charge in [-0.25, -0.2) is 4.39 Å². The second-order valence-corrected chi connectivity index (χ2v) is 11.6. The van der Waals surface area contributed by atoms with E-state index in [1.165, 1.54) is 33.5 Å². The summed E-state index contributed by atoms with van der Waals surface area (Å²) in [6.45, 7) is 0.109. The smallest absolute Gasteiger partial charge is 0.310 e. The Kier molecular flexibility index (Phi) is 7.60. The highest BCUT2D eigenvalue weighted by molar-refractivity contribution is 6.30. The third kappa shape index (κ3) is 4.84. The Labute approximate surface area is 269 Å². The molecule has 1 aliphatic carbocycles. The number of benzene rings is 4. The molecule has 7 rings (SSSR count). The number of ether oxygens (including phenoxy) is 6. The van der Waals surface area contributed by atoms with Crippen LogP contribution in [0.25, 0.3) is 0 Å². The zero-order valence-corrected chi connectivity index (χ0v) is 25.9. The molecular weight excluding hydrogens is 617 g/mol. The van der Waals surface area contributed by atoms with Crippen molar-refractivity contribution in [3.63, 3.8) is 0 Å². The van der Waals surface area contributed by atoms with Crippen LogP contribution in [-0.2, 0) is 9.53 Å². The molecule has 1 N–H and O–H groups in total. The van der Waals surface area contributed by atoms with E-state index in [9.17, 15) is 9.59 Å². The number of cyclic esters (lactones) is 1. The number of para-hydroxylation sites is 1. The van der Waals surface area contributed by atoms with Gasteiger partial charge < -0.3 is 33.7 Å². The lowest BCUT2D eigenvalue weighted by molar-refractivity contribution is -0.141. The summed E-state index contributed by atoms with van der Waals surface area (Å²) < 4.78 is 49.7. The van der Waals surface area contributed by atoms with Crippen LogP contribution in [0.2, 0.25) is 5.02 Å². The van der Waals surface area contributed by atoms with Crippen molar-refractivity contribution in [2.45, 2.75) is 12.0 Å². The van der Waals surface area contributed by atoms with E-state index in [-0.39, 0.29) is 30.4 Å². The monoisotopic (exact) mass is 645 g/mol. The molecule has 4 aromatic carbocycles. The van der Waals surface area contributed by atoms with Crippen molar-refractivity contribution in [1.29, 1.82) is 0 Å². The number of fused-ring (bicyclic) bond motifs is 3. The van der Waals surface area contributed by atoms with E-state index in [1.54, 1.807) is 30.3 Å². The van der Waals surface area contributed by atoms with E-state index >= 15 is 4.39 Å². The van der Waals surface area contributed by atoms with Gasteiger partial charge in [0.1, 0.15) is 5.82 Å². The van der Waals surface area contributed by atoms with E-state index in [1.807, 2.05) is 24.3 Å². The van der Waals surface area contributed by atoms with Crippen LogP contribution < -0.4 is 29.0 Å². The molecule has 2 heterocycles. The molecule has 1 saturated heterocycles. The first kappa shape index (κ1) is 29.7. The number of esters is 1.